The molecule has 0 aliphatic rings. The predicted octanol–water partition coefficient (Wildman–Crippen LogP) is 1.37. The summed E-state index contributed by atoms with van der Waals surface area (Å²) in [6.45, 7) is 0.538. The molecular weight excluding hydrogens is 247 g/mol. The Morgan fingerprint density at radius 2 is 2.06 bits per heavy atom. The van der Waals surface area contributed by atoms with Gasteiger partial charge in [-0.25, -0.2) is 4.98 Å². The first-order valence-electron chi connectivity index (χ1n) is 5.20. The monoisotopic (exact) mass is 257 g/mol. The van der Waals surface area contributed by atoms with Gasteiger partial charge in [0.15, 0.2) is 0 Å². The van der Waals surface area contributed by atoms with Gasteiger partial charge in [0.05, 0.1) is 22.8 Å². The van der Waals surface area contributed by atoms with Crippen molar-refractivity contribution in [2.45, 2.75) is 12.7 Å². The largest absolute Gasteiger partial charge is 0.416 e. The Morgan fingerprint density at radius 1 is 1.33 bits per heavy atom. The van der Waals surface area contributed by atoms with E-state index in [2.05, 4.69) is 4.98 Å². The lowest BCUT2D eigenvalue weighted by atomic mass is 10.1. The average molecular weight is 257 g/mol. The smallest absolute Gasteiger partial charge is 0.329 e. The molecule has 4 nitrogen and oxygen atoms in total. The average Bonchev–Trinajstić information content (AvgIpc) is 2.31. The zero-order chi connectivity index (χ0) is 13.3. The maximum Gasteiger partial charge on any atom is 0.416 e. The third kappa shape index (κ3) is 2.21. The van der Waals surface area contributed by atoms with Crippen LogP contribution >= 0.6 is 0 Å². The first kappa shape index (κ1) is 12.6. The minimum absolute atomic E-state index is 0.0306. The van der Waals surface area contributed by atoms with E-state index >= 15 is 0 Å². The van der Waals surface area contributed by atoms with Crippen LogP contribution in [0.2, 0.25) is 0 Å². The molecule has 2 N–H and O–H groups in total. The molecule has 0 atom stereocenters. The molecule has 0 amide bonds. The van der Waals surface area contributed by atoms with Crippen molar-refractivity contribution in [3.63, 3.8) is 0 Å². The highest BCUT2D eigenvalue weighted by Crippen LogP contribution is 2.30. The molecule has 0 aliphatic carbocycles. The molecule has 0 fully saturated rings. The normalized spacial score (nSPS) is 12.0. The van der Waals surface area contributed by atoms with Gasteiger partial charge in [0.25, 0.3) is 5.56 Å². The minimum Gasteiger partial charge on any atom is -0.329 e. The third-order valence-corrected chi connectivity index (χ3v) is 2.52. The van der Waals surface area contributed by atoms with Crippen molar-refractivity contribution in [1.29, 1.82) is 0 Å². The van der Waals surface area contributed by atoms with Crippen molar-refractivity contribution in [1.82, 2.24) is 9.55 Å². The van der Waals surface area contributed by atoms with E-state index in [0.29, 0.717) is 0 Å². The maximum absolute atomic E-state index is 12.5. The van der Waals surface area contributed by atoms with Crippen LogP contribution in [-0.4, -0.2) is 16.1 Å². The summed E-state index contributed by atoms with van der Waals surface area (Å²) < 4.78 is 38.7. The number of nitrogens with two attached hydrogens (primary N) is 1. The summed E-state index contributed by atoms with van der Waals surface area (Å²) in [5, 5.41) is 0.152. The summed E-state index contributed by atoms with van der Waals surface area (Å²) >= 11 is 0. The van der Waals surface area contributed by atoms with E-state index in [1.54, 1.807) is 0 Å². The Balaban J connectivity index is 2.62. The van der Waals surface area contributed by atoms with E-state index in [0.717, 1.165) is 18.2 Å². The van der Waals surface area contributed by atoms with Crippen LogP contribution in [0.4, 0.5) is 13.2 Å². The number of nitrogens with zero attached hydrogens (tertiary/aromatic N) is 2. The molecule has 96 valence electrons. The summed E-state index contributed by atoms with van der Waals surface area (Å²) in [4.78, 5) is 15.7. The van der Waals surface area contributed by atoms with Crippen LogP contribution in [0.15, 0.2) is 29.3 Å². The molecule has 0 radical (unpaired) electrons. The quantitative estimate of drug-likeness (QED) is 0.884. The van der Waals surface area contributed by atoms with Crippen LogP contribution in [-0.2, 0) is 12.7 Å². The van der Waals surface area contributed by atoms with Gasteiger partial charge >= 0.3 is 6.18 Å². The first-order valence-corrected chi connectivity index (χ1v) is 5.20. The molecule has 18 heavy (non-hydrogen) atoms. The second-order valence-corrected chi connectivity index (χ2v) is 3.76. The molecule has 0 spiro atoms. The molecule has 0 unspecified atom stereocenters. The maximum atomic E-state index is 12.5. The molecule has 2 aromatic rings. The van der Waals surface area contributed by atoms with E-state index in [1.807, 2.05) is 0 Å². The fourth-order valence-corrected chi connectivity index (χ4v) is 1.63. The third-order valence-electron chi connectivity index (χ3n) is 2.52. The molecule has 0 aliphatic heterocycles. The van der Waals surface area contributed by atoms with Crippen molar-refractivity contribution in [2.75, 3.05) is 6.54 Å². The van der Waals surface area contributed by atoms with Gasteiger partial charge in [-0.05, 0) is 18.2 Å². The van der Waals surface area contributed by atoms with Crippen molar-refractivity contribution < 1.29 is 13.2 Å². The zero-order valence-electron chi connectivity index (χ0n) is 9.24. The van der Waals surface area contributed by atoms with Crippen molar-refractivity contribution in [2.24, 2.45) is 5.73 Å². The van der Waals surface area contributed by atoms with Crippen molar-refractivity contribution in [3.05, 3.63) is 40.4 Å². The van der Waals surface area contributed by atoms with Gasteiger partial charge in [0.1, 0.15) is 0 Å². The standard InChI is InChI=1S/C11H10F3N3O/c12-11(13,14)7-1-2-8-9(5-7)16-6-17(4-3-15)10(8)18/h1-2,5-6H,3-4,15H2. The van der Waals surface area contributed by atoms with E-state index < -0.39 is 11.7 Å². The molecule has 2 rings (SSSR count). The van der Waals surface area contributed by atoms with Gasteiger partial charge in [0.2, 0.25) is 0 Å². The van der Waals surface area contributed by atoms with Gasteiger partial charge in [-0.15, -0.1) is 0 Å². The number of rotatable bonds is 2. The molecular formula is C11H10F3N3O. The Hall–Kier alpha value is -1.89. The van der Waals surface area contributed by atoms with Crippen LogP contribution < -0.4 is 11.3 Å². The molecule has 1 heterocycles. The Labute approximate surface area is 99.9 Å². The van der Waals surface area contributed by atoms with Gasteiger partial charge in [0, 0.05) is 13.1 Å². The van der Waals surface area contributed by atoms with Crippen LogP contribution in [0.1, 0.15) is 5.56 Å². The van der Waals surface area contributed by atoms with Crippen LogP contribution in [0.5, 0.6) is 0 Å². The lowest BCUT2D eigenvalue weighted by Crippen LogP contribution is -2.24. The highest BCUT2D eigenvalue weighted by Gasteiger charge is 2.30. The van der Waals surface area contributed by atoms with E-state index in [1.165, 1.54) is 10.9 Å². The number of fused-ring (bicyclic) bond motifs is 1. The second-order valence-electron chi connectivity index (χ2n) is 3.76. The SMILES string of the molecule is NCCn1cnc2cc(C(F)(F)F)ccc2c1=O. The summed E-state index contributed by atoms with van der Waals surface area (Å²) in [6.07, 6.45) is -3.24. The van der Waals surface area contributed by atoms with Crippen LogP contribution in [0, 0.1) is 0 Å². The lowest BCUT2D eigenvalue weighted by molar-refractivity contribution is -0.137. The minimum atomic E-state index is -4.44. The number of benzene rings is 1. The summed E-state index contributed by atoms with van der Waals surface area (Å²) in [6, 6.07) is 2.88. The Morgan fingerprint density at radius 3 is 2.67 bits per heavy atom. The second kappa shape index (κ2) is 4.41. The zero-order valence-corrected chi connectivity index (χ0v) is 9.24. The molecule has 0 bridgehead atoms. The van der Waals surface area contributed by atoms with Gasteiger partial charge in [-0.2, -0.15) is 13.2 Å². The molecule has 0 saturated heterocycles. The van der Waals surface area contributed by atoms with Crippen LogP contribution in [0.25, 0.3) is 10.9 Å². The van der Waals surface area contributed by atoms with Crippen molar-refractivity contribution in [3.8, 4) is 0 Å². The molecule has 0 saturated carbocycles. The fraction of sp³-hybridized carbons (Fsp3) is 0.273. The van der Waals surface area contributed by atoms with Gasteiger partial charge in [-0.3, -0.25) is 9.36 Å². The first-order chi connectivity index (χ1) is 8.43. The summed E-state index contributed by atoms with van der Waals surface area (Å²) in [5.41, 5.74) is 4.14. The number of alkyl halides is 3. The molecule has 7 heteroatoms. The van der Waals surface area contributed by atoms with Gasteiger partial charge in [-0.1, -0.05) is 0 Å². The van der Waals surface area contributed by atoms with Gasteiger partial charge < -0.3 is 5.73 Å². The van der Waals surface area contributed by atoms with Crippen molar-refractivity contribution >= 4 is 10.9 Å². The lowest BCUT2D eigenvalue weighted by Gasteiger charge is -2.08. The Bertz CT molecular complexity index is 633. The van der Waals surface area contributed by atoms with E-state index in [-0.39, 0.29) is 29.6 Å². The predicted molar refractivity (Wildman–Crippen MR) is 60.1 cm³/mol. The number of halogens is 3. The van der Waals surface area contributed by atoms with Crippen LogP contribution in [0.3, 0.4) is 0 Å². The topological polar surface area (TPSA) is 60.9 Å². The van der Waals surface area contributed by atoms with E-state index in [9.17, 15) is 18.0 Å². The Kier molecular flexibility index (Phi) is 3.08. The summed E-state index contributed by atoms with van der Waals surface area (Å²) in [7, 11) is 0. The summed E-state index contributed by atoms with van der Waals surface area (Å²) in [5.74, 6) is 0. The highest BCUT2D eigenvalue weighted by molar-refractivity contribution is 5.78. The number of hydrogen-bond acceptors (Lipinski definition) is 3. The highest BCUT2D eigenvalue weighted by atomic mass is 19.4. The number of aromatic nitrogens is 2. The molecule has 1 aromatic heterocycles. The fourth-order valence-electron chi connectivity index (χ4n) is 1.63. The van der Waals surface area contributed by atoms with E-state index in [4.69, 9.17) is 5.73 Å². The molecule has 1 aromatic carbocycles. The number of hydrogen-bond donors (Lipinski definition) is 1.